The zero-order valence-corrected chi connectivity index (χ0v) is 21.2. The van der Waals surface area contributed by atoms with Crippen molar-refractivity contribution in [3.63, 3.8) is 0 Å². The molecule has 0 saturated carbocycles. The molecule has 4 rings (SSSR count). The minimum Gasteiger partial charge on any atom is -0.493 e. The average molecular weight is 533 g/mol. The number of aromatic nitrogens is 1. The summed E-state index contributed by atoms with van der Waals surface area (Å²) in [6.45, 7) is 0.371. The molecule has 7 nitrogen and oxygen atoms in total. The highest BCUT2D eigenvalue weighted by molar-refractivity contribution is 7.91. The first kappa shape index (κ1) is 24.9. The molecule has 3 aromatic carbocycles. The summed E-state index contributed by atoms with van der Waals surface area (Å²) in [6.07, 6.45) is 0.558. The smallest absolute Gasteiger partial charge is 0.233 e. The van der Waals surface area contributed by atoms with Crippen molar-refractivity contribution in [2.45, 2.75) is 16.3 Å². The molecule has 0 atom stereocenters. The van der Waals surface area contributed by atoms with Crippen LogP contribution in [0.1, 0.15) is 5.56 Å². The molecule has 0 spiro atoms. The molecule has 35 heavy (non-hydrogen) atoms. The molecular formula is C25H22Cl2N2O5S. The van der Waals surface area contributed by atoms with Crippen LogP contribution in [0.15, 0.2) is 81.1 Å². The summed E-state index contributed by atoms with van der Waals surface area (Å²) in [7, 11) is -0.867. The van der Waals surface area contributed by atoms with E-state index in [4.69, 9.17) is 37.1 Å². The standard InChI is InChI=1S/C25H22Cl2N2O5S/c1-32-21-12-7-16(15-22(21)33-2)13-14-28-24-25(35(30,31)18-10-8-17(26)9-11-18)29-23(34-24)19-5-3-4-6-20(19)27/h3-12,15,28H,13-14H2,1-2H3. The van der Waals surface area contributed by atoms with E-state index < -0.39 is 9.84 Å². The number of nitrogens with one attached hydrogen (secondary N) is 1. The Bertz CT molecular complexity index is 1440. The molecule has 0 amide bonds. The summed E-state index contributed by atoms with van der Waals surface area (Å²) in [6, 6.07) is 18.4. The lowest BCUT2D eigenvalue weighted by atomic mass is 10.1. The number of ether oxygens (including phenoxy) is 2. The van der Waals surface area contributed by atoms with E-state index in [-0.39, 0.29) is 21.7 Å². The molecule has 0 aliphatic rings. The van der Waals surface area contributed by atoms with Gasteiger partial charge in [0.25, 0.3) is 0 Å². The van der Waals surface area contributed by atoms with E-state index >= 15 is 0 Å². The van der Waals surface area contributed by atoms with Gasteiger partial charge in [0.15, 0.2) is 11.5 Å². The minimum absolute atomic E-state index is 0.0235. The summed E-state index contributed by atoms with van der Waals surface area (Å²) in [5.41, 5.74) is 1.44. The molecule has 0 unspecified atom stereocenters. The SMILES string of the molecule is COc1ccc(CCNc2oc(-c3ccccc3Cl)nc2S(=O)(=O)c2ccc(Cl)cc2)cc1OC. The van der Waals surface area contributed by atoms with Crippen LogP contribution in [0.2, 0.25) is 10.0 Å². The van der Waals surface area contributed by atoms with Crippen LogP contribution in [0.4, 0.5) is 5.88 Å². The van der Waals surface area contributed by atoms with Crippen molar-refractivity contribution < 1.29 is 22.3 Å². The van der Waals surface area contributed by atoms with Gasteiger partial charge in [0.05, 0.1) is 29.7 Å². The highest BCUT2D eigenvalue weighted by Gasteiger charge is 2.29. The first-order chi connectivity index (χ1) is 16.8. The van der Waals surface area contributed by atoms with E-state index in [9.17, 15) is 8.42 Å². The van der Waals surface area contributed by atoms with Gasteiger partial charge in [-0.25, -0.2) is 8.42 Å². The number of oxazole rings is 1. The number of methoxy groups -OCH3 is 2. The third-order valence-electron chi connectivity index (χ3n) is 5.23. The van der Waals surface area contributed by atoms with Gasteiger partial charge in [-0.1, -0.05) is 41.4 Å². The van der Waals surface area contributed by atoms with Gasteiger partial charge in [-0.15, -0.1) is 0 Å². The third-order valence-corrected chi connectivity index (χ3v) is 7.49. The van der Waals surface area contributed by atoms with Crippen LogP contribution < -0.4 is 14.8 Å². The van der Waals surface area contributed by atoms with Crippen molar-refractivity contribution >= 4 is 38.9 Å². The topological polar surface area (TPSA) is 90.7 Å². The van der Waals surface area contributed by atoms with Gasteiger partial charge in [-0.2, -0.15) is 4.98 Å². The maximum Gasteiger partial charge on any atom is 0.233 e. The van der Waals surface area contributed by atoms with Gasteiger partial charge < -0.3 is 19.2 Å². The van der Waals surface area contributed by atoms with Crippen LogP contribution in [0.3, 0.4) is 0 Å². The molecule has 4 aromatic rings. The Hall–Kier alpha value is -3.20. The average Bonchev–Trinajstić information content (AvgIpc) is 3.29. The molecule has 182 valence electrons. The van der Waals surface area contributed by atoms with Crippen molar-refractivity contribution in [3.05, 3.63) is 82.3 Å². The number of hydrogen-bond donors (Lipinski definition) is 1. The highest BCUT2D eigenvalue weighted by Crippen LogP contribution is 2.35. The second-order valence-corrected chi connectivity index (χ2v) is 10.2. The molecule has 0 fully saturated rings. The fourth-order valence-electron chi connectivity index (χ4n) is 3.43. The van der Waals surface area contributed by atoms with E-state index in [0.717, 1.165) is 5.56 Å². The number of hydrogen-bond acceptors (Lipinski definition) is 7. The summed E-state index contributed by atoms with van der Waals surface area (Å²) in [5, 5.41) is 3.66. The van der Waals surface area contributed by atoms with Gasteiger partial charge in [0.2, 0.25) is 26.6 Å². The molecule has 0 aliphatic heterocycles. The van der Waals surface area contributed by atoms with E-state index in [2.05, 4.69) is 10.3 Å². The molecule has 1 N–H and O–H groups in total. The van der Waals surface area contributed by atoms with Crippen molar-refractivity contribution in [2.75, 3.05) is 26.1 Å². The number of nitrogens with zero attached hydrogens (tertiary/aromatic N) is 1. The molecule has 0 radical (unpaired) electrons. The maximum absolute atomic E-state index is 13.4. The van der Waals surface area contributed by atoms with Crippen LogP contribution in [0, 0.1) is 0 Å². The fraction of sp³-hybridized carbons (Fsp3) is 0.160. The normalized spacial score (nSPS) is 11.3. The Kier molecular flexibility index (Phi) is 7.54. The van der Waals surface area contributed by atoms with Crippen molar-refractivity contribution in [1.29, 1.82) is 0 Å². The second-order valence-electron chi connectivity index (χ2n) is 7.46. The van der Waals surface area contributed by atoms with Gasteiger partial charge in [-0.3, -0.25) is 0 Å². The van der Waals surface area contributed by atoms with Crippen LogP contribution in [-0.4, -0.2) is 34.2 Å². The van der Waals surface area contributed by atoms with Crippen molar-refractivity contribution in [2.24, 2.45) is 0 Å². The molecule has 10 heteroatoms. The molecule has 0 saturated heterocycles. The molecule has 0 aliphatic carbocycles. The lowest BCUT2D eigenvalue weighted by molar-refractivity contribution is 0.354. The molecular weight excluding hydrogens is 511 g/mol. The van der Waals surface area contributed by atoms with Gasteiger partial charge in [-0.05, 0) is 60.5 Å². The zero-order chi connectivity index (χ0) is 25.0. The van der Waals surface area contributed by atoms with Crippen molar-refractivity contribution in [1.82, 2.24) is 4.98 Å². The number of rotatable bonds is 9. The predicted octanol–water partition coefficient (Wildman–Crippen LogP) is 6.15. The Morgan fingerprint density at radius 2 is 1.66 bits per heavy atom. The van der Waals surface area contributed by atoms with Crippen LogP contribution in [0.25, 0.3) is 11.5 Å². The van der Waals surface area contributed by atoms with Crippen LogP contribution in [-0.2, 0) is 16.3 Å². The predicted molar refractivity (Wildman–Crippen MR) is 136 cm³/mol. The van der Waals surface area contributed by atoms with Crippen LogP contribution >= 0.6 is 23.2 Å². The lowest BCUT2D eigenvalue weighted by Gasteiger charge is -2.10. The number of sulfone groups is 1. The van der Waals surface area contributed by atoms with Crippen molar-refractivity contribution in [3.8, 4) is 23.0 Å². The summed E-state index contributed by atoms with van der Waals surface area (Å²) < 4.78 is 43.3. The minimum atomic E-state index is -4.01. The molecule has 1 heterocycles. The first-order valence-corrected chi connectivity index (χ1v) is 12.8. The summed E-state index contributed by atoms with van der Waals surface area (Å²) in [5.74, 6) is 1.35. The summed E-state index contributed by atoms with van der Waals surface area (Å²) >= 11 is 12.2. The third kappa shape index (κ3) is 5.40. The maximum atomic E-state index is 13.4. The first-order valence-electron chi connectivity index (χ1n) is 10.5. The monoisotopic (exact) mass is 532 g/mol. The quantitative estimate of drug-likeness (QED) is 0.276. The fourth-order valence-corrected chi connectivity index (χ4v) is 5.05. The van der Waals surface area contributed by atoms with E-state index in [0.29, 0.717) is 40.1 Å². The Morgan fingerprint density at radius 3 is 2.34 bits per heavy atom. The van der Waals surface area contributed by atoms with Gasteiger partial charge >= 0.3 is 0 Å². The molecule has 0 bridgehead atoms. The summed E-state index contributed by atoms with van der Waals surface area (Å²) in [4.78, 5) is 4.36. The largest absolute Gasteiger partial charge is 0.493 e. The van der Waals surface area contributed by atoms with Gasteiger partial charge in [0, 0.05) is 11.6 Å². The number of halogens is 2. The van der Waals surface area contributed by atoms with Gasteiger partial charge in [0.1, 0.15) is 0 Å². The zero-order valence-electron chi connectivity index (χ0n) is 18.9. The number of anilines is 1. The van der Waals surface area contributed by atoms with Crippen LogP contribution in [0.5, 0.6) is 11.5 Å². The Morgan fingerprint density at radius 1 is 0.943 bits per heavy atom. The Labute approximate surface area is 213 Å². The van der Waals surface area contributed by atoms with E-state index in [1.807, 2.05) is 18.2 Å². The Balaban J connectivity index is 1.66. The molecule has 1 aromatic heterocycles. The highest BCUT2D eigenvalue weighted by atomic mass is 35.5. The second kappa shape index (κ2) is 10.6. The lowest BCUT2D eigenvalue weighted by Crippen LogP contribution is -2.10. The number of benzene rings is 3. The van der Waals surface area contributed by atoms with E-state index in [1.165, 1.54) is 24.3 Å². The van der Waals surface area contributed by atoms with E-state index in [1.54, 1.807) is 38.5 Å².